The summed E-state index contributed by atoms with van der Waals surface area (Å²) >= 11 is 0. The average Bonchev–Trinajstić information content (AvgIpc) is 2.68. The van der Waals surface area contributed by atoms with E-state index in [2.05, 4.69) is 5.32 Å². The van der Waals surface area contributed by atoms with E-state index in [-0.39, 0.29) is 0 Å². The predicted octanol–water partition coefficient (Wildman–Crippen LogP) is 1.80. The fourth-order valence-electron chi connectivity index (χ4n) is 2.49. The van der Waals surface area contributed by atoms with Crippen molar-refractivity contribution < 1.29 is 13.5 Å². The first kappa shape index (κ1) is 10.3. The fourth-order valence-corrected chi connectivity index (χ4v) is 2.49. The highest BCUT2D eigenvalue weighted by molar-refractivity contribution is 4.89. The number of nitrogens with one attached hydrogen (secondary N) is 1. The summed E-state index contributed by atoms with van der Waals surface area (Å²) in [5.74, 6) is 0.549. The molecule has 4 heteroatoms. The third-order valence-electron chi connectivity index (χ3n) is 3.36. The lowest BCUT2D eigenvalue weighted by Crippen LogP contribution is -2.40. The summed E-state index contributed by atoms with van der Waals surface area (Å²) in [7, 11) is 0. The molecule has 2 heterocycles. The van der Waals surface area contributed by atoms with Gasteiger partial charge in [0, 0.05) is 19.3 Å². The maximum absolute atomic E-state index is 12.4. The van der Waals surface area contributed by atoms with Crippen molar-refractivity contribution >= 4 is 0 Å². The molecule has 0 aromatic rings. The number of halogens is 2. The lowest BCUT2D eigenvalue weighted by Gasteiger charge is -2.28. The molecule has 1 N–H and O–H groups in total. The van der Waals surface area contributed by atoms with Crippen LogP contribution in [0.15, 0.2) is 0 Å². The van der Waals surface area contributed by atoms with Crippen LogP contribution in [0, 0.1) is 5.92 Å². The molecule has 2 rings (SSSR count). The Bertz CT molecular complexity index is 183. The molecular weight excluding hydrogens is 188 g/mol. The van der Waals surface area contributed by atoms with Crippen LogP contribution in [0.5, 0.6) is 0 Å². The topological polar surface area (TPSA) is 21.3 Å². The second-order valence-corrected chi connectivity index (χ2v) is 4.24. The minimum Gasteiger partial charge on any atom is -0.381 e. The van der Waals surface area contributed by atoms with Gasteiger partial charge in [-0.3, -0.25) is 0 Å². The van der Waals surface area contributed by atoms with E-state index in [1.165, 1.54) is 0 Å². The first-order valence-electron chi connectivity index (χ1n) is 5.39. The summed E-state index contributed by atoms with van der Waals surface area (Å²) in [5, 5.41) is 3.05. The second-order valence-electron chi connectivity index (χ2n) is 4.24. The standard InChI is InChI=1S/C10H17F2NO/c11-10(12)9-2-1-8(13-9)7-3-5-14-6-4-7/h7-10,13H,1-6H2. The molecule has 2 atom stereocenters. The van der Waals surface area contributed by atoms with E-state index in [1.807, 2.05) is 0 Å². The fraction of sp³-hybridized carbons (Fsp3) is 1.00. The minimum absolute atomic E-state index is 0.304. The van der Waals surface area contributed by atoms with Gasteiger partial charge in [0.15, 0.2) is 0 Å². The molecule has 2 fully saturated rings. The molecule has 0 spiro atoms. The van der Waals surface area contributed by atoms with Gasteiger partial charge >= 0.3 is 0 Å². The lowest BCUT2D eigenvalue weighted by molar-refractivity contribution is 0.0520. The maximum atomic E-state index is 12.4. The number of ether oxygens (including phenoxy) is 1. The molecule has 0 bridgehead atoms. The van der Waals surface area contributed by atoms with Crippen LogP contribution in [0.1, 0.15) is 25.7 Å². The molecule has 2 aliphatic heterocycles. The predicted molar refractivity (Wildman–Crippen MR) is 49.5 cm³/mol. The summed E-state index contributed by atoms with van der Waals surface area (Å²) in [6, 6.07) is -0.263. The van der Waals surface area contributed by atoms with Gasteiger partial charge in [-0.05, 0) is 31.6 Å². The second kappa shape index (κ2) is 4.53. The van der Waals surface area contributed by atoms with Crippen LogP contribution in [-0.4, -0.2) is 31.7 Å². The Balaban J connectivity index is 1.82. The molecule has 2 aliphatic rings. The molecule has 2 nitrogen and oxygen atoms in total. The number of rotatable bonds is 2. The highest BCUT2D eigenvalue weighted by Gasteiger charge is 2.34. The Kier molecular flexibility index (Phi) is 3.34. The molecule has 0 aromatic heterocycles. The Hall–Kier alpha value is -0.220. The van der Waals surface area contributed by atoms with Gasteiger partial charge in [0.05, 0.1) is 6.04 Å². The summed E-state index contributed by atoms with van der Waals surface area (Å²) in [4.78, 5) is 0. The van der Waals surface area contributed by atoms with Crippen molar-refractivity contribution in [3.8, 4) is 0 Å². The molecule has 0 amide bonds. The van der Waals surface area contributed by atoms with Crippen LogP contribution >= 0.6 is 0 Å². The zero-order chi connectivity index (χ0) is 9.97. The third-order valence-corrected chi connectivity index (χ3v) is 3.36. The van der Waals surface area contributed by atoms with Crippen LogP contribution in [0.3, 0.4) is 0 Å². The van der Waals surface area contributed by atoms with Crippen molar-refractivity contribution in [2.24, 2.45) is 5.92 Å². The molecule has 82 valence electrons. The van der Waals surface area contributed by atoms with Gasteiger partial charge in [-0.2, -0.15) is 0 Å². The lowest BCUT2D eigenvalue weighted by atomic mass is 9.91. The van der Waals surface area contributed by atoms with Gasteiger partial charge in [-0.1, -0.05) is 0 Å². The Labute approximate surface area is 83.0 Å². The molecule has 0 radical (unpaired) electrons. The molecular formula is C10H17F2NO. The van der Waals surface area contributed by atoms with Crippen molar-refractivity contribution in [3.63, 3.8) is 0 Å². The Morgan fingerprint density at radius 1 is 1.07 bits per heavy atom. The van der Waals surface area contributed by atoms with Crippen molar-refractivity contribution in [3.05, 3.63) is 0 Å². The summed E-state index contributed by atoms with van der Waals surface area (Å²) < 4.78 is 30.0. The van der Waals surface area contributed by atoms with Gasteiger partial charge in [-0.25, -0.2) is 8.78 Å². The van der Waals surface area contributed by atoms with E-state index < -0.39 is 12.5 Å². The zero-order valence-corrected chi connectivity index (χ0v) is 8.22. The van der Waals surface area contributed by atoms with Crippen LogP contribution < -0.4 is 5.32 Å². The van der Waals surface area contributed by atoms with E-state index in [0.717, 1.165) is 32.5 Å². The maximum Gasteiger partial charge on any atom is 0.253 e. The molecule has 0 aliphatic carbocycles. The van der Waals surface area contributed by atoms with Crippen LogP contribution in [0.2, 0.25) is 0 Å². The van der Waals surface area contributed by atoms with Crippen molar-refractivity contribution in [1.82, 2.24) is 5.32 Å². The van der Waals surface area contributed by atoms with Gasteiger partial charge in [0.25, 0.3) is 6.43 Å². The summed E-state index contributed by atoms with van der Waals surface area (Å²) in [6.07, 6.45) is 1.36. The van der Waals surface area contributed by atoms with Crippen molar-refractivity contribution in [1.29, 1.82) is 0 Å². The highest BCUT2D eigenvalue weighted by atomic mass is 19.3. The van der Waals surface area contributed by atoms with Crippen molar-refractivity contribution in [2.45, 2.75) is 44.2 Å². The minimum atomic E-state index is -2.21. The third kappa shape index (κ3) is 2.23. The van der Waals surface area contributed by atoms with Gasteiger partial charge in [0.2, 0.25) is 0 Å². The summed E-state index contributed by atoms with van der Waals surface area (Å²) in [5.41, 5.74) is 0. The van der Waals surface area contributed by atoms with Crippen LogP contribution in [0.25, 0.3) is 0 Å². The van der Waals surface area contributed by atoms with E-state index in [4.69, 9.17) is 4.74 Å². The first-order valence-corrected chi connectivity index (χ1v) is 5.39. The Morgan fingerprint density at radius 3 is 2.36 bits per heavy atom. The molecule has 0 saturated carbocycles. The van der Waals surface area contributed by atoms with Gasteiger partial charge in [0.1, 0.15) is 0 Å². The SMILES string of the molecule is FC(F)C1CCC(C2CCOCC2)N1. The van der Waals surface area contributed by atoms with Gasteiger partial charge in [-0.15, -0.1) is 0 Å². The first-order chi connectivity index (χ1) is 6.77. The molecule has 2 unspecified atom stereocenters. The number of hydrogen-bond donors (Lipinski definition) is 1. The van der Waals surface area contributed by atoms with Crippen LogP contribution in [-0.2, 0) is 4.74 Å². The zero-order valence-electron chi connectivity index (χ0n) is 8.22. The Morgan fingerprint density at radius 2 is 1.79 bits per heavy atom. The monoisotopic (exact) mass is 205 g/mol. The normalized spacial score (nSPS) is 35.4. The van der Waals surface area contributed by atoms with E-state index in [9.17, 15) is 8.78 Å². The highest BCUT2D eigenvalue weighted by Crippen LogP contribution is 2.28. The average molecular weight is 205 g/mol. The van der Waals surface area contributed by atoms with E-state index >= 15 is 0 Å². The van der Waals surface area contributed by atoms with Crippen molar-refractivity contribution in [2.75, 3.05) is 13.2 Å². The number of hydrogen-bond acceptors (Lipinski definition) is 2. The van der Waals surface area contributed by atoms with E-state index in [0.29, 0.717) is 18.4 Å². The largest absolute Gasteiger partial charge is 0.381 e. The van der Waals surface area contributed by atoms with Crippen LogP contribution in [0.4, 0.5) is 8.78 Å². The quantitative estimate of drug-likeness (QED) is 0.742. The molecule has 2 saturated heterocycles. The van der Waals surface area contributed by atoms with Gasteiger partial charge < -0.3 is 10.1 Å². The molecule has 0 aromatic carbocycles. The van der Waals surface area contributed by atoms with E-state index in [1.54, 1.807) is 0 Å². The number of alkyl halides is 2. The smallest absolute Gasteiger partial charge is 0.253 e. The molecule has 14 heavy (non-hydrogen) atoms. The summed E-state index contributed by atoms with van der Waals surface area (Å²) in [6.45, 7) is 1.59.